The molecule has 2 rings (SSSR count). The van der Waals surface area contributed by atoms with Crippen molar-refractivity contribution in [3.05, 3.63) is 60.2 Å². The van der Waals surface area contributed by atoms with Crippen molar-refractivity contribution in [1.82, 2.24) is 5.32 Å². The van der Waals surface area contributed by atoms with Gasteiger partial charge in [0.15, 0.2) is 0 Å². The highest BCUT2D eigenvalue weighted by molar-refractivity contribution is 5.85. The van der Waals surface area contributed by atoms with E-state index >= 15 is 0 Å². The zero-order chi connectivity index (χ0) is 25.6. The first kappa shape index (κ1) is 28.3. The van der Waals surface area contributed by atoms with Crippen LogP contribution in [0.5, 0.6) is 0 Å². The summed E-state index contributed by atoms with van der Waals surface area (Å²) in [6.07, 6.45) is 6.86. The lowest BCUT2D eigenvalue weighted by atomic mass is 10.0. The minimum absolute atomic E-state index is 0.0133. The van der Waals surface area contributed by atoms with Gasteiger partial charge in [0.2, 0.25) is 5.91 Å². The van der Waals surface area contributed by atoms with Gasteiger partial charge in [-0.05, 0) is 5.56 Å². The van der Waals surface area contributed by atoms with Crippen LogP contribution in [0.1, 0.15) is 32.3 Å². The fourth-order valence-corrected chi connectivity index (χ4v) is 3.68. The summed E-state index contributed by atoms with van der Waals surface area (Å²) in [6, 6.07) is 8.61. The van der Waals surface area contributed by atoms with Gasteiger partial charge in [0.1, 0.15) is 19.3 Å². The first-order chi connectivity index (χ1) is 16.8. The summed E-state index contributed by atoms with van der Waals surface area (Å²) in [6.45, 7) is 3.95. The smallest absolute Gasteiger partial charge is 0.329 e. The van der Waals surface area contributed by atoms with Crippen LogP contribution in [-0.4, -0.2) is 63.5 Å². The lowest BCUT2D eigenvalue weighted by molar-refractivity contribution is -0.151. The number of esters is 2. The van der Waals surface area contributed by atoms with Crippen molar-refractivity contribution in [2.75, 3.05) is 27.4 Å². The summed E-state index contributed by atoms with van der Waals surface area (Å²) in [7, 11) is 3.09. The zero-order valence-corrected chi connectivity index (χ0v) is 21.0. The molecule has 0 bridgehead atoms. The highest BCUT2D eigenvalue weighted by atomic mass is 16.6. The van der Waals surface area contributed by atoms with E-state index in [1.165, 1.54) is 7.11 Å². The van der Waals surface area contributed by atoms with Gasteiger partial charge in [-0.2, -0.15) is 0 Å². The number of nitrogens with one attached hydrogen (secondary N) is 1. The van der Waals surface area contributed by atoms with Crippen molar-refractivity contribution in [1.29, 1.82) is 0 Å². The monoisotopic (exact) mass is 487 g/mol. The molecule has 0 radical (unpaired) electrons. The molecule has 8 nitrogen and oxygen atoms in total. The third kappa shape index (κ3) is 10.0. The van der Waals surface area contributed by atoms with Crippen LogP contribution in [-0.2, 0) is 39.8 Å². The van der Waals surface area contributed by atoms with E-state index in [0.717, 1.165) is 5.56 Å². The van der Waals surface area contributed by atoms with Crippen molar-refractivity contribution in [3.8, 4) is 0 Å². The Morgan fingerprint density at radius 2 is 1.43 bits per heavy atom. The first-order valence-electron chi connectivity index (χ1n) is 11.9. The number of cyclic esters (lactones) is 2. The maximum Gasteiger partial charge on any atom is 0.329 e. The van der Waals surface area contributed by atoms with Gasteiger partial charge in [0.25, 0.3) is 0 Å². The van der Waals surface area contributed by atoms with Gasteiger partial charge in [0, 0.05) is 38.9 Å². The van der Waals surface area contributed by atoms with Crippen molar-refractivity contribution >= 4 is 17.8 Å². The van der Waals surface area contributed by atoms with Gasteiger partial charge in [-0.25, -0.2) is 4.79 Å². The molecule has 0 saturated heterocycles. The van der Waals surface area contributed by atoms with E-state index in [1.807, 2.05) is 56.3 Å². The van der Waals surface area contributed by atoms with Crippen LogP contribution >= 0.6 is 0 Å². The second kappa shape index (κ2) is 15.1. The normalized spacial score (nSPS) is 29.5. The fourth-order valence-electron chi connectivity index (χ4n) is 3.68. The van der Waals surface area contributed by atoms with Crippen LogP contribution in [0.25, 0.3) is 0 Å². The predicted molar refractivity (Wildman–Crippen MR) is 131 cm³/mol. The molecule has 5 atom stereocenters. The Morgan fingerprint density at radius 3 is 2.03 bits per heavy atom. The summed E-state index contributed by atoms with van der Waals surface area (Å²) in [5.41, 5.74) is 0.907. The molecule has 1 aromatic rings. The highest BCUT2D eigenvalue weighted by Gasteiger charge is 2.25. The number of hydrogen-bond donors (Lipinski definition) is 1. The summed E-state index contributed by atoms with van der Waals surface area (Å²) >= 11 is 0. The van der Waals surface area contributed by atoms with Gasteiger partial charge in [-0.15, -0.1) is 0 Å². The van der Waals surface area contributed by atoms with Crippen LogP contribution in [0.4, 0.5) is 0 Å². The molecule has 1 amide bonds. The standard InChI is InChI=1S/C27H37NO7/c1-19-10-8-14-25(29)28-22(16-21-12-6-5-7-13-21)27(31)35-18-24(33-4)20(2)11-9-15-26(30)34-17-23(19)32-3/h5-13,19-20,22-24H,14-18H2,1-4H3,(H,28,29)/b10-8+,11-9+/t19-,20+,22+,23-,24+/m1/s1. The number of ether oxygens (including phenoxy) is 4. The minimum Gasteiger partial charge on any atom is -0.463 e. The average Bonchev–Trinajstić information content (AvgIpc) is 2.84. The largest absolute Gasteiger partial charge is 0.463 e. The van der Waals surface area contributed by atoms with E-state index < -0.39 is 18.1 Å². The highest BCUT2D eigenvalue weighted by Crippen LogP contribution is 2.14. The van der Waals surface area contributed by atoms with E-state index in [-0.39, 0.29) is 55.9 Å². The first-order valence-corrected chi connectivity index (χ1v) is 11.9. The SMILES string of the molecule is CO[C@H]1COC(=O)[C@H](Cc2ccccc2)NC(=O)C/C=C/[C@@H](C)[C@H](OC)COC(=O)C/C=C/[C@@H]1C. The molecule has 192 valence electrons. The molecule has 1 heterocycles. The molecule has 1 aromatic carbocycles. The number of benzene rings is 1. The lowest BCUT2D eigenvalue weighted by Gasteiger charge is -2.22. The quantitative estimate of drug-likeness (QED) is 0.515. The number of rotatable bonds is 4. The summed E-state index contributed by atoms with van der Waals surface area (Å²) in [5, 5.41) is 2.80. The van der Waals surface area contributed by atoms with Gasteiger partial charge in [-0.1, -0.05) is 68.5 Å². The Bertz CT molecular complexity index is 868. The van der Waals surface area contributed by atoms with Gasteiger partial charge in [0.05, 0.1) is 18.6 Å². The van der Waals surface area contributed by atoms with Crippen molar-refractivity contribution in [2.45, 2.75) is 51.4 Å². The van der Waals surface area contributed by atoms with Crippen molar-refractivity contribution < 1.29 is 33.3 Å². The van der Waals surface area contributed by atoms with Crippen molar-refractivity contribution in [3.63, 3.8) is 0 Å². The molecule has 8 heteroatoms. The van der Waals surface area contributed by atoms with E-state index in [9.17, 15) is 14.4 Å². The van der Waals surface area contributed by atoms with Crippen LogP contribution in [0.2, 0.25) is 0 Å². The molecule has 35 heavy (non-hydrogen) atoms. The third-order valence-electron chi connectivity index (χ3n) is 5.95. The molecule has 0 spiro atoms. The Labute approximate surface area is 207 Å². The summed E-state index contributed by atoms with van der Waals surface area (Å²) in [4.78, 5) is 37.7. The number of amides is 1. The second-order valence-electron chi connectivity index (χ2n) is 8.65. The summed E-state index contributed by atoms with van der Waals surface area (Å²) in [5.74, 6) is -1.41. The molecule has 1 aliphatic rings. The fraction of sp³-hybridized carbons (Fsp3) is 0.519. The average molecular weight is 488 g/mol. The molecule has 0 unspecified atom stereocenters. The predicted octanol–water partition coefficient (Wildman–Crippen LogP) is 3.01. The minimum atomic E-state index is -0.834. The Balaban J connectivity index is 2.21. The molecule has 1 N–H and O–H groups in total. The Kier molecular flexibility index (Phi) is 12.2. The zero-order valence-electron chi connectivity index (χ0n) is 21.0. The third-order valence-corrected chi connectivity index (χ3v) is 5.95. The number of hydrogen-bond acceptors (Lipinski definition) is 7. The Morgan fingerprint density at radius 1 is 0.857 bits per heavy atom. The number of carbonyl (C=O) groups is 3. The Hall–Kier alpha value is -2.97. The van der Waals surface area contributed by atoms with Gasteiger partial charge >= 0.3 is 11.9 Å². The molecule has 1 aliphatic heterocycles. The number of methoxy groups -OCH3 is 2. The topological polar surface area (TPSA) is 100 Å². The van der Waals surface area contributed by atoms with Crippen molar-refractivity contribution in [2.24, 2.45) is 11.8 Å². The number of carbonyl (C=O) groups excluding carboxylic acids is 3. The maximum absolute atomic E-state index is 12.9. The van der Waals surface area contributed by atoms with Gasteiger partial charge < -0.3 is 24.3 Å². The van der Waals surface area contributed by atoms with Crippen LogP contribution in [0.3, 0.4) is 0 Å². The van der Waals surface area contributed by atoms with Crippen LogP contribution in [0.15, 0.2) is 54.6 Å². The molecule has 0 saturated carbocycles. The van der Waals surface area contributed by atoms with E-state index in [1.54, 1.807) is 19.3 Å². The van der Waals surface area contributed by atoms with Crippen LogP contribution in [0, 0.1) is 11.8 Å². The molecule has 0 fully saturated rings. The van der Waals surface area contributed by atoms with E-state index in [4.69, 9.17) is 18.9 Å². The van der Waals surface area contributed by atoms with E-state index in [2.05, 4.69) is 5.32 Å². The van der Waals surface area contributed by atoms with Gasteiger partial charge in [-0.3, -0.25) is 9.59 Å². The molecule has 0 aromatic heterocycles. The summed E-state index contributed by atoms with van der Waals surface area (Å²) < 4.78 is 21.8. The van der Waals surface area contributed by atoms with E-state index in [0.29, 0.717) is 6.42 Å². The maximum atomic E-state index is 12.9. The molecular weight excluding hydrogens is 450 g/mol. The van der Waals surface area contributed by atoms with Crippen LogP contribution < -0.4 is 5.32 Å². The molecule has 0 aliphatic carbocycles. The molecular formula is C27H37NO7. The lowest BCUT2D eigenvalue weighted by Crippen LogP contribution is -2.44. The second-order valence-corrected chi connectivity index (χ2v) is 8.65.